The molecule has 0 aliphatic rings. The molecule has 0 aliphatic heterocycles. The number of hydrogen-bond acceptors (Lipinski definition) is 4. The summed E-state index contributed by atoms with van der Waals surface area (Å²) in [6.45, 7) is -1.54. The van der Waals surface area contributed by atoms with Gasteiger partial charge in [-0.05, 0) is 24.3 Å². The van der Waals surface area contributed by atoms with Crippen LogP contribution in [0.5, 0.6) is 0 Å². The molecule has 0 atom stereocenters. The second kappa shape index (κ2) is 7.48. The fraction of sp³-hybridized carbons (Fsp3) is 0.167. The molecule has 0 bridgehead atoms. The van der Waals surface area contributed by atoms with Gasteiger partial charge in [0.25, 0.3) is 5.56 Å². The SMILES string of the molecule is O=C(Cn1cnc2ccccc2c1=O)Nc1ccccc1NCC(F)(F)F. The van der Waals surface area contributed by atoms with Crippen LogP contribution in [0.15, 0.2) is 59.7 Å². The summed E-state index contributed by atoms with van der Waals surface area (Å²) in [5.41, 5.74) is 0.459. The van der Waals surface area contributed by atoms with Crippen LogP contribution in [0.1, 0.15) is 0 Å². The van der Waals surface area contributed by atoms with Crippen molar-refractivity contribution in [2.24, 2.45) is 0 Å². The first-order valence-corrected chi connectivity index (χ1v) is 7.97. The molecule has 9 heteroatoms. The minimum absolute atomic E-state index is 0.132. The second-order valence-electron chi connectivity index (χ2n) is 5.76. The lowest BCUT2D eigenvalue weighted by atomic mass is 10.2. The first-order chi connectivity index (χ1) is 12.8. The van der Waals surface area contributed by atoms with Crippen molar-refractivity contribution in [2.75, 3.05) is 17.2 Å². The van der Waals surface area contributed by atoms with E-state index in [1.807, 2.05) is 0 Å². The van der Waals surface area contributed by atoms with Gasteiger partial charge in [0.05, 0.1) is 28.6 Å². The van der Waals surface area contributed by atoms with E-state index in [4.69, 9.17) is 0 Å². The molecule has 6 nitrogen and oxygen atoms in total. The maximum atomic E-state index is 12.4. The van der Waals surface area contributed by atoms with Crippen LogP contribution in [0.3, 0.4) is 0 Å². The number of anilines is 2. The summed E-state index contributed by atoms with van der Waals surface area (Å²) in [7, 11) is 0. The van der Waals surface area contributed by atoms with Crippen LogP contribution in [0.25, 0.3) is 10.9 Å². The predicted octanol–water partition coefficient (Wildman–Crippen LogP) is 3.01. The molecular formula is C18H15F3N4O2. The zero-order valence-electron chi connectivity index (χ0n) is 14.0. The van der Waals surface area contributed by atoms with Gasteiger partial charge in [0.15, 0.2) is 0 Å². The van der Waals surface area contributed by atoms with Crippen molar-refractivity contribution in [1.82, 2.24) is 9.55 Å². The topological polar surface area (TPSA) is 76.0 Å². The highest BCUT2D eigenvalue weighted by molar-refractivity contribution is 5.94. The van der Waals surface area contributed by atoms with Crippen LogP contribution in [-0.2, 0) is 11.3 Å². The van der Waals surface area contributed by atoms with Gasteiger partial charge in [-0.25, -0.2) is 4.98 Å². The van der Waals surface area contributed by atoms with E-state index in [0.717, 1.165) is 4.57 Å². The number of hydrogen-bond donors (Lipinski definition) is 2. The fourth-order valence-electron chi connectivity index (χ4n) is 2.50. The largest absolute Gasteiger partial charge is 0.405 e. The third-order valence-corrected chi connectivity index (χ3v) is 3.73. The van der Waals surface area contributed by atoms with E-state index in [0.29, 0.717) is 10.9 Å². The molecule has 1 heterocycles. The van der Waals surface area contributed by atoms with E-state index in [1.54, 1.807) is 36.4 Å². The number of benzene rings is 2. The Morgan fingerprint density at radius 3 is 2.44 bits per heavy atom. The normalized spacial score (nSPS) is 11.4. The lowest BCUT2D eigenvalue weighted by Crippen LogP contribution is -2.28. The smallest absolute Gasteiger partial charge is 0.375 e. The van der Waals surface area contributed by atoms with Crippen LogP contribution in [0.2, 0.25) is 0 Å². The van der Waals surface area contributed by atoms with E-state index in [1.165, 1.54) is 18.5 Å². The summed E-state index contributed by atoms with van der Waals surface area (Å²) >= 11 is 0. The molecule has 0 fully saturated rings. The van der Waals surface area contributed by atoms with Crippen molar-refractivity contribution in [3.63, 3.8) is 0 Å². The summed E-state index contributed by atoms with van der Waals surface area (Å²) in [4.78, 5) is 28.8. The van der Waals surface area contributed by atoms with Crippen LogP contribution in [0, 0.1) is 0 Å². The molecule has 2 aromatic carbocycles. The van der Waals surface area contributed by atoms with Crippen molar-refractivity contribution in [1.29, 1.82) is 0 Å². The summed E-state index contributed by atoms with van der Waals surface area (Å²) in [6.07, 6.45) is -3.13. The van der Waals surface area contributed by atoms with Gasteiger partial charge >= 0.3 is 6.18 Å². The van der Waals surface area contributed by atoms with Crippen molar-refractivity contribution in [3.05, 3.63) is 65.2 Å². The van der Waals surface area contributed by atoms with Gasteiger partial charge in [-0.2, -0.15) is 13.2 Å². The molecule has 3 rings (SSSR count). The van der Waals surface area contributed by atoms with Crippen LogP contribution in [-0.4, -0.2) is 28.2 Å². The van der Waals surface area contributed by atoms with Crippen molar-refractivity contribution in [2.45, 2.75) is 12.7 Å². The summed E-state index contributed by atoms with van der Waals surface area (Å²) < 4.78 is 38.3. The number of para-hydroxylation sites is 3. The number of carbonyl (C=O) groups excluding carboxylic acids is 1. The lowest BCUT2D eigenvalue weighted by molar-refractivity contribution is -0.117. The Hall–Kier alpha value is -3.36. The Labute approximate surface area is 151 Å². The molecule has 1 amide bonds. The molecule has 0 unspecified atom stereocenters. The number of amides is 1. The lowest BCUT2D eigenvalue weighted by Gasteiger charge is -2.14. The second-order valence-corrected chi connectivity index (χ2v) is 5.76. The van der Waals surface area contributed by atoms with Crippen molar-refractivity contribution < 1.29 is 18.0 Å². The van der Waals surface area contributed by atoms with Gasteiger partial charge in [0, 0.05) is 0 Å². The Kier molecular flexibility index (Phi) is 5.11. The highest BCUT2D eigenvalue weighted by Crippen LogP contribution is 2.23. The zero-order valence-corrected chi connectivity index (χ0v) is 14.0. The number of halogens is 3. The molecule has 140 valence electrons. The van der Waals surface area contributed by atoms with Crippen LogP contribution in [0.4, 0.5) is 24.5 Å². The van der Waals surface area contributed by atoms with E-state index >= 15 is 0 Å². The Morgan fingerprint density at radius 1 is 1.04 bits per heavy atom. The number of fused-ring (bicyclic) bond motifs is 1. The number of aromatic nitrogens is 2. The number of alkyl halides is 3. The summed E-state index contributed by atoms with van der Waals surface area (Å²) in [5.74, 6) is -0.560. The van der Waals surface area contributed by atoms with Gasteiger partial charge in [0.1, 0.15) is 13.1 Å². The maximum Gasteiger partial charge on any atom is 0.405 e. The summed E-state index contributed by atoms with van der Waals surface area (Å²) in [5, 5.41) is 5.13. The zero-order chi connectivity index (χ0) is 19.4. The predicted molar refractivity (Wildman–Crippen MR) is 95.6 cm³/mol. The minimum Gasteiger partial charge on any atom is -0.375 e. The molecule has 3 aromatic rings. The van der Waals surface area contributed by atoms with Gasteiger partial charge in [-0.15, -0.1) is 0 Å². The van der Waals surface area contributed by atoms with Crippen molar-refractivity contribution >= 4 is 28.2 Å². The molecule has 27 heavy (non-hydrogen) atoms. The molecule has 1 aromatic heterocycles. The van der Waals surface area contributed by atoms with Gasteiger partial charge in [0.2, 0.25) is 5.91 Å². The van der Waals surface area contributed by atoms with Gasteiger partial charge in [-0.1, -0.05) is 24.3 Å². The summed E-state index contributed by atoms with van der Waals surface area (Å²) in [6, 6.07) is 12.8. The number of rotatable bonds is 5. The monoisotopic (exact) mass is 376 g/mol. The molecule has 0 aliphatic carbocycles. The average molecular weight is 376 g/mol. The molecule has 0 saturated heterocycles. The third-order valence-electron chi connectivity index (χ3n) is 3.73. The number of nitrogens with one attached hydrogen (secondary N) is 2. The average Bonchev–Trinajstić information content (AvgIpc) is 2.63. The van der Waals surface area contributed by atoms with Gasteiger partial charge < -0.3 is 10.6 Å². The Morgan fingerprint density at radius 2 is 1.70 bits per heavy atom. The molecule has 2 N–H and O–H groups in total. The quantitative estimate of drug-likeness (QED) is 0.718. The van der Waals surface area contributed by atoms with Gasteiger partial charge in [-0.3, -0.25) is 14.2 Å². The first kappa shape index (κ1) is 18.4. The molecule has 0 spiro atoms. The minimum atomic E-state index is -4.39. The van der Waals surface area contributed by atoms with E-state index < -0.39 is 18.6 Å². The number of nitrogens with zero attached hydrogens (tertiary/aromatic N) is 2. The first-order valence-electron chi connectivity index (χ1n) is 7.97. The van der Waals surface area contributed by atoms with Crippen LogP contribution >= 0.6 is 0 Å². The van der Waals surface area contributed by atoms with E-state index in [2.05, 4.69) is 15.6 Å². The molecule has 0 radical (unpaired) electrons. The number of carbonyl (C=O) groups is 1. The van der Waals surface area contributed by atoms with E-state index in [9.17, 15) is 22.8 Å². The fourth-order valence-corrected chi connectivity index (χ4v) is 2.50. The highest BCUT2D eigenvalue weighted by atomic mass is 19.4. The highest BCUT2D eigenvalue weighted by Gasteiger charge is 2.27. The molecular weight excluding hydrogens is 361 g/mol. The molecule has 0 saturated carbocycles. The van der Waals surface area contributed by atoms with Crippen molar-refractivity contribution in [3.8, 4) is 0 Å². The van der Waals surface area contributed by atoms with E-state index in [-0.39, 0.29) is 23.5 Å². The van der Waals surface area contributed by atoms with Crippen LogP contribution < -0.4 is 16.2 Å². The Balaban J connectivity index is 1.75. The Bertz CT molecular complexity index is 1030. The standard InChI is InChI=1S/C18H15F3N4O2/c19-18(20,21)10-22-14-7-3-4-8-15(14)24-16(26)9-25-11-23-13-6-2-1-5-12(13)17(25)27/h1-8,11,22H,9-10H2,(H,24,26). The third kappa shape index (κ3) is 4.63. The maximum absolute atomic E-state index is 12.4.